The quantitative estimate of drug-likeness (QED) is 0.454. The monoisotopic (exact) mass is 355 g/mol. The van der Waals surface area contributed by atoms with Gasteiger partial charge in [0.05, 0.1) is 17.9 Å². The van der Waals surface area contributed by atoms with E-state index in [1.165, 1.54) is 4.90 Å². The van der Waals surface area contributed by atoms with E-state index >= 15 is 0 Å². The summed E-state index contributed by atoms with van der Waals surface area (Å²) in [7, 11) is 0. The van der Waals surface area contributed by atoms with E-state index in [1.54, 1.807) is 18.0 Å². The van der Waals surface area contributed by atoms with Crippen LogP contribution in [0, 0.1) is 0 Å². The number of halogens is 1. The predicted octanol–water partition coefficient (Wildman–Crippen LogP) is 2.75. The molecule has 2 aromatic rings. The summed E-state index contributed by atoms with van der Waals surface area (Å²) in [6, 6.07) is 8.18. The molecule has 0 bridgehead atoms. The zero-order valence-corrected chi connectivity index (χ0v) is 13.7. The van der Waals surface area contributed by atoms with Gasteiger partial charge in [-0.05, 0) is 34.5 Å². The SMILES string of the molecule is CCCn1nncc1C(CSc1ccccc1Br)NN. The van der Waals surface area contributed by atoms with Gasteiger partial charge in [-0.25, -0.2) is 4.68 Å². The number of aromatic nitrogens is 3. The fraction of sp³-hybridized carbons (Fsp3) is 0.385. The molecule has 1 aromatic heterocycles. The highest BCUT2D eigenvalue weighted by Gasteiger charge is 2.16. The van der Waals surface area contributed by atoms with Crippen LogP contribution in [0.25, 0.3) is 0 Å². The molecule has 2 rings (SSSR count). The van der Waals surface area contributed by atoms with Gasteiger partial charge in [-0.2, -0.15) is 0 Å². The molecule has 0 saturated carbocycles. The zero-order valence-electron chi connectivity index (χ0n) is 11.3. The molecule has 0 saturated heterocycles. The van der Waals surface area contributed by atoms with Gasteiger partial charge in [-0.15, -0.1) is 16.9 Å². The van der Waals surface area contributed by atoms with Gasteiger partial charge >= 0.3 is 0 Å². The number of nitrogens with zero attached hydrogens (tertiary/aromatic N) is 3. The molecular formula is C13H18BrN5S. The van der Waals surface area contributed by atoms with Gasteiger partial charge in [-0.3, -0.25) is 11.3 Å². The molecule has 0 spiro atoms. The van der Waals surface area contributed by atoms with E-state index in [-0.39, 0.29) is 6.04 Å². The maximum absolute atomic E-state index is 5.69. The average Bonchev–Trinajstić information content (AvgIpc) is 2.90. The van der Waals surface area contributed by atoms with Crippen molar-refractivity contribution >= 4 is 27.7 Å². The molecule has 0 aliphatic rings. The summed E-state index contributed by atoms with van der Waals surface area (Å²) in [6.45, 7) is 2.97. The lowest BCUT2D eigenvalue weighted by molar-refractivity contribution is 0.501. The summed E-state index contributed by atoms with van der Waals surface area (Å²) in [4.78, 5) is 1.20. The molecule has 1 aromatic carbocycles. The lowest BCUT2D eigenvalue weighted by atomic mass is 10.2. The Kier molecular flexibility index (Phi) is 6.03. The highest BCUT2D eigenvalue weighted by Crippen LogP contribution is 2.30. The average molecular weight is 356 g/mol. The molecular weight excluding hydrogens is 338 g/mol. The zero-order chi connectivity index (χ0) is 14.4. The normalized spacial score (nSPS) is 12.6. The second-order valence-corrected chi connectivity index (χ2v) is 6.26. The lowest BCUT2D eigenvalue weighted by Crippen LogP contribution is -2.31. The Morgan fingerprint density at radius 2 is 2.25 bits per heavy atom. The van der Waals surface area contributed by atoms with E-state index in [0.717, 1.165) is 28.9 Å². The summed E-state index contributed by atoms with van der Waals surface area (Å²) in [6.07, 6.45) is 2.80. The van der Waals surface area contributed by atoms with Gasteiger partial charge in [0, 0.05) is 21.7 Å². The van der Waals surface area contributed by atoms with Gasteiger partial charge in [0.1, 0.15) is 0 Å². The fourth-order valence-corrected chi connectivity index (χ4v) is 3.50. The first-order valence-corrected chi connectivity index (χ1v) is 8.26. The van der Waals surface area contributed by atoms with E-state index in [2.05, 4.69) is 44.7 Å². The van der Waals surface area contributed by atoms with Gasteiger partial charge in [0.25, 0.3) is 0 Å². The Bertz CT molecular complexity index is 545. The van der Waals surface area contributed by atoms with Crippen LogP contribution in [0.4, 0.5) is 0 Å². The molecule has 1 atom stereocenters. The molecule has 7 heteroatoms. The highest BCUT2D eigenvalue weighted by atomic mass is 79.9. The van der Waals surface area contributed by atoms with E-state index in [9.17, 15) is 0 Å². The number of rotatable bonds is 7. The van der Waals surface area contributed by atoms with Crippen LogP contribution in [0.2, 0.25) is 0 Å². The van der Waals surface area contributed by atoms with Crippen LogP contribution in [0.15, 0.2) is 39.8 Å². The second-order valence-electron chi connectivity index (χ2n) is 4.34. The molecule has 20 heavy (non-hydrogen) atoms. The Hall–Kier alpha value is -0.890. The molecule has 0 fully saturated rings. The van der Waals surface area contributed by atoms with Gasteiger partial charge in [0.2, 0.25) is 0 Å². The van der Waals surface area contributed by atoms with Gasteiger partial charge in [0.15, 0.2) is 0 Å². The van der Waals surface area contributed by atoms with Gasteiger partial charge in [-0.1, -0.05) is 24.3 Å². The Morgan fingerprint density at radius 1 is 1.45 bits per heavy atom. The number of hydrazine groups is 1. The Morgan fingerprint density at radius 3 is 2.95 bits per heavy atom. The minimum atomic E-state index is 0.0219. The molecule has 0 aliphatic carbocycles. The standard InChI is InChI=1S/C13H18BrN5S/c1-2-7-19-12(8-16-18-19)11(17-15)9-20-13-6-4-3-5-10(13)14/h3-6,8,11,17H,2,7,9,15H2,1H3. The second kappa shape index (κ2) is 7.78. The minimum Gasteiger partial charge on any atom is -0.271 e. The third kappa shape index (κ3) is 3.82. The summed E-state index contributed by atoms with van der Waals surface area (Å²) in [5.41, 5.74) is 3.88. The third-order valence-corrected chi connectivity index (χ3v) is 5.00. The topological polar surface area (TPSA) is 68.8 Å². The van der Waals surface area contributed by atoms with Crippen molar-refractivity contribution in [1.82, 2.24) is 20.4 Å². The summed E-state index contributed by atoms with van der Waals surface area (Å²) in [5, 5.41) is 8.08. The first-order valence-electron chi connectivity index (χ1n) is 6.48. The van der Waals surface area contributed by atoms with Crippen LogP contribution in [-0.2, 0) is 6.54 Å². The predicted molar refractivity (Wildman–Crippen MR) is 85.2 cm³/mol. The maximum Gasteiger partial charge on any atom is 0.0778 e. The maximum atomic E-state index is 5.69. The van der Waals surface area contributed by atoms with Crippen molar-refractivity contribution in [3.8, 4) is 0 Å². The third-order valence-electron chi connectivity index (χ3n) is 2.88. The number of thioether (sulfide) groups is 1. The molecule has 1 unspecified atom stereocenters. The lowest BCUT2D eigenvalue weighted by Gasteiger charge is -2.16. The van der Waals surface area contributed by atoms with E-state index < -0.39 is 0 Å². The van der Waals surface area contributed by atoms with Crippen LogP contribution in [0.3, 0.4) is 0 Å². The molecule has 0 radical (unpaired) electrons. The minimum absolute atomic E-state index is 0.0219. The van der Waals surface area contributed by atoms with E-state index in [4.69, 9.17) is 5.84 Å². The number of benzene rings is 1. The fourth-order valence-electron chi connectivity index (χ4n) is 1.87. The first kappa shape index (κ1) is 15.5. The smallest absolute Gasteiger partial charge is 0.0778 e. The van der Waals surface area contributed by atoms with Crippen LogP contribution in [0.5, 0.6) is 0 Å². The Balaban J connectivity index is 2.06. The number of aryl methyl sites for hydroxylation is 1. The van der Waals surface area contributed by atoms with Crippen molar-refractivity contribution in [1.29, 1.82) is 0 Å². The number of hydrogen-bond donors (Lipinski definition) is 2. The van der Waals surface area contributed by atoms with Crippen molar-refractivity contribution < 1.29 is 0 Å². The van der Waals surface area contributed by atoms with Gasteiger partial charge < -0.3 is 0 Å². The van der Waals surface area contributed by atoms with Crippen molar-refractivity contribution in [2.24, 2.45) is 5.84 Å². The molecule has 0 amide bonds. The first-order chi connectivity index (χ1) is 9.76. The molecule has 1 heterocycles. The molecule has 0 aliphatic heterocycles. The summed E-state index contributed by atoms with van der Waals surface area (Å²) >= 11 is 5.30. The van der Waals surface area contributed by atoms with Crippen molar-refractivity contribution in [3.05, 3.63) is 40.6 Å². The largest absolute Gasteiger partial charge is 0.271 e. The highest BCUT2D eigenvalue weighted by molar-refractivity contribution is 9.10. The summed E-state index contributed by atoms with van der Waals surface area (Å²) < 4.78 is 3.01. The van der Waals surface area contributed by atoms with Crippen LogP contribution in [-0.4, -0.2) is 20.7 Å². The van der Waals surface area contributed by atoms with E-state index in [1.807, 2.05) is 22.9 Å². The van der Waals surface area contributed by atoms with E-state index in [0.29, 0.717) is 0 Å². The van der Waals surface area contributed by atoms with Crippen LogP contribution >= 0.6 is 27.7 Å². The van der Waals surface area contributed by atoms with Crippen LogP contribution in [0.1, 0.15) is 25.1 Å². The number of nitrogens with one attached hydrogen (secondary N) is 1. The molecule has 108 valence electrons. The van der Waals surface area contributed by atoms with Crippen molar-refractivity contribution in [3.63, 3.8) is 0 Å². The Labute approximate surface area is 131 Å². The van der Waals surface area contributed by atoms with Crippen molar-refractivity contribution in [2.75, 3.05) is 5.75 Å². The summed E-state index contributed by atoms with van der Waals surface area (Å²) in [5.74, 6) is 6.50. The number of nitrogens with two attached hydrogens (primary N) is 1. The number of hydrogen-bond acceptors (Lipinski definition) is 5. The van der Waals surface area contributed by atoms with Crippen molar-refractivity contribution in [2.45, 2.75) is 30.8 Å². The van der Waals surface area contributed by atoms with Crippen LogP contribution < -0.4 is 11.3 Å². The molecule has 5 nitrogen and oxygen atoms in total. The molecule has 3 N–H and O–H groups in total.